The number of nitro benzene ring substituents is 1. The molecule has 1 aromatic rings. The molecule has 0 spiro atoms. The maximum absolute atomic E-state index is 10.6. The Hall–Kier alpha value is -1.91. The molecule has 1 aliphatic heterocycles. The molecule has 0 saturated carbocycles. The highest BCUT2D eigenvalue weighted by Crippen LogP contribution is 2.13. The highest BCUT2D eigenvalue weighted by atomic mass is 16.6. The lowest BCUT2D eigenvalue weighted by Crippen LogP contribution is -2.30. The van der Waals surface area contributed by atoms with Gasteiger partial charge in [0.2, 0.25) is 0 Å². The summed E-state index contributed by atoms with van der Waals surface area (Å²) < 4.78 is 0. The van der Waals surface area contributed by atoms with Gasteiger partial charge in [0.25, 0.3) is 5.69 Å². The molecule has 1 aromatic carbocycles. The molecule has 0 fully saturated rings. The van der Waals surface area contributed by atoms with E-state index in [9.17, 15) is 10.1 Å². The molecule has 0 amide bonds. The summed E-state index contributed by atoms with van der Waals surface area (Å²) >= 11 is 0. The molecule has 0 aromatic heterocycles. The fourth-order valence-corrected chi connectivity index (χ4v) is 1.49. The standard InChI is InChI=1S/C10H11N3O2/c14-13(15)9-4-1-3-8(7-9)10-11-5-2-6-12-10/h1,3-4,7H,2,5-6H2,(H,11,12). The van der Waals surface area contributed by atoms with Crippen LogP contribution in [0.25, 0.3) is 0 Å². The summed E-state index contributed by atoms with van der Waals surface area (Å²) in [6, 6.07) is 6.51. The van der Waals surface area contributed by atoms with Gasteiger partial charge < -0.3 is 5.32 Å². The number of aliphatic imine (C=N–C) groups is 1. The number of amidine groups is 1. The lowest BCUT2D eigenvalue weighted by molar-refractivity contribution is -0.384. The summed E-state index contributed by atoms with van der Waals surface area (Å²) in [4.78, 5) is 14.5. The molecule has 1 N–H and O–H groups in total. The summed E-state index contributed by atoms with van der Waals surface area (Å²) in [5.41, 5.74) is 0.881. The zero-order valence-electron chi connectivity index (χ0n) is 8.14. The second-order valence-corrected chi connectivity index (χ2v) is 3.32. The van der Waals surface area contributed by atoms with Gasteiger partial charge in [0.1, 0.15) is 5.84 Å². The lowest BCUT2D eigenvalue weighted by Gasteiger charge is -2.14. The van der Waals surface area contributed by atoms with E-state index in [1.54, 1.807) is 6.07 Å². The van der Waals surface area contributed by atoms with Crippen molar-refractivity contribution in [3.05, 3.63) is 39.9 Å². The topological polar surface area (TPSA) is 67.5 Å². The van der Waals surface area contributed by atoms with Crippen molar-refractivity contribution in [2.75, 3.05) is 13.1 Å². The van der Waals surface area contributed by atoms with E-state index in [0.29, 0.717) is 0 Å². The summed E-state index contributed by atoms with van der Waals surface area (Å²) in [7, 11) is 0. The van der Waals surface area contributed by atoms with Crippen LogP contribution in [0.3, 0.4) is 0 Å². The Bertz CT molecular complexity index is 415. The van der Waals surface area contributed by atoms with Crippen LogP contribution < -0.4 is 5.32 Å². The van der Waals surface area contributed by atoms with Crippen LogP contribution in [0.2, 0.25) is 0 Å². The smallest absolute Gasteiger partial charge is 0.270 e. The molecule has 5 heteroatoms. The average molecular weight is 205 g/mol. The molecule has 0 unspecified atom stereocenters. The van der Waals surface area contributed by atoms with Gasteiger partial charge in [-0.3, -0.25) is 15.1 Å². The van der Waals surface area contributed by atoms with Crippen molar-refractivity contribution in [2.45, 2.75) is 6.42 Å². The molecule has 1 heterocycles. The van der Waals surface area contributed by atoms with E-state index in [1.807, 2.05) is 6.07 Å². The van der Waals surface area contributed by atoms with Crippen LogP contribution in [0, 0.1) is 10.1 Å². The van der Waals surface area contributed by atoms with Gasteiger partial charge >= 0.3 is 0 Å². The molecule has 5 nitrogen and oxygen atoms in total. The maximum atomic E-state index is 10.6. The monoisotopic (exact) mass is 205 g/mol. The molecule has 78 valence electrons. The summed E-state index contributed by atoms with van der Waals surface area (Å²) in [6.45, 7) is 1.66. The Kier molecular flexibility index (Phi) is 2.62. The third-order valence-electron chi connectivity index (χ3n) is 2.23. The number of nitrogens with zero attached hydrogens (tertiary/aromatic N) is 2. The normalized spacial score (nSPS) is 15.3. The molecule has 0 radical (unpaired) electrons. The highest BCUT2D eigenvalue weighted by Gasteiger charge is 2.11. The fourth-order valence-electron chi connectivity index (χ4n) is 1.49. The molecule has 0 atom stereocenters. The molecule has 15 heavy (non-hydrogen) atoms. The summed E-state index contributed by atoms with van der Waals surface area (Å²) in [6.07, 6.45) is 1.01. The summed E-state index contributed by atoms with van der Waals surface area (Å²) in [5.74, 6) is 0.755. The Morgan fingerprint density at radius 3 is 3.00 bits per heavy atom. The number of nitrogens with one attached hydrogen (secondary N) is 1. The number of hydrogen-bond acceptors (Lipinski definition) is 4. The van der Waals surface area contributed by atoms with E-state index >= 15 is 0 Å². The average Bonchev–Trinajstić information content (AvgIpc) is 2.30. The lowest BCUT2D eigenvalue weighted by atomic mass is 10.1. The van der Waals surface area contributed by atoms with Crippen LogP contribution in [0.5, 0.6) is 0 Å². The predicted octanol–water partition coefficient (Wildman–Crippen LogP) is 1.33. The molecule has 0 saturated heterocycles. The highest BCUT2D eigenvalue weighted by molar-refractivity contribution is 5.99. The Morgan fingerprint density at radius 2 is 2.33 bits per heavy atom. The maximum Gasteiger partial charge on any atom is 0.270 e. The van der Waals surface area contributed by atoms with Crippen LogP contribution in [-0.4, -0.2) is 23.8 Å². The molecule has 0 bridgehead atoms. The van der Waals surface area contributed by atoms with Gasteiger partial charge in [0, 0.05) is 30.8 Å². The van der Waals surface area contributed by atoms with Gasteiger partial charge in [-0.15, -0.1) is 0 Å². The zero-order chi connectivity index (χ0) is 10.7. The first-order valence-electron chi connectivity index (χ1n) is 4.80. The fraction of sp³-hybridized carbons (Fsp3) is 0.300. The zero-order valence-corrected chi connectivity index (χ0v) is 8.14. The van der Waals surface area contributed by atoms with E-state index in [4.69, 9.17) is 0 Å². The molecular formula is C10H11N3O2. The van der Waals surface area contributed by atoms with E-state index in [1.165, 1.54) is 12.1 Å². The van der Waals surface area contributed by atoms with Crippen LogP contribution in [0.1, 0.15) is 12.0 Å². The van der Waals surface area contributed by atoms with Crippen LogP contribution in [0.4, 0.5) is 5.69 Å². The van der Waals surface area contributed by atoms with Crippen molar-refractivity contribution in [3.8, 4) is 0 Å². The number of benzene rings is 1. The van der Waals surface area contributed by atoms with Crippen molar-refractivity contribution in [2.24, 2.45) is 4.99 Å². The Balaban J connectivity index is 2.31. The third-order valence-corrected chi connectivity index (χ3v) is 2.23. The Labute approximate surface area is 87.0 Å². The van der Waals surface area contributed by atoms with Crippen LogP contribution >= 0.6 is 0 Å². The molecule has 0 aliphatic carbocycles. The second kappa shape index (κ2) is 4.08. The van der Waals surface area contributed by atoms with Crippen molar-refractivity contribution < 1.29 is 4.92 Å². The van der Waals surface area contributed by atoms with Gasteiger partial charge in [-0.2, -0.15) is 0 Å². The Morgan fingerprint density at radius 1 is 1.47 bits per heavy atom. The van der Waals surface area contributed by atoms with E-state index < -0.39 is 4.92 Å². The van der Waals surface area contributed by atoms with Gasteiger partial charge in [-0.05, 0) is 6.42 Å². The molecule has 2 rings (SSSR count). The van der Waals surface area contributed by atoms with Crippen molar-refractivity contribution >= 4 is 11.5 Å². The second-order valence-electron chi connectivity index (χ2n) is 3.32. The first kappa shape index (κ1) is 9.64. The third kappa shape index (κ3) is 2.12. The van der Waals surface area contributed by atoms with Crippen molar-refractivity contribution in [1.29, 1.82) is 0 Å². The van der Waals surface area contributed by atoms with E-state index in [-0.39, 0.29) is 5.69 Å². The predicted molar refractivity (Wildman–Crippen MR) is 57.1 cm³/mol. The minimum atomic E-state index is -0.396. The number of hydrogen-bond donors (Lipinski definition) is 1. The van der Waals surface area contributed by atoms with Gasteiger partial charge in [-0.25, -0.2) is 0 Å². The number of rotatable bonds is 2. The van der Waals surface area contributed by atoms with Gasteiger partial charge in [0.15, 0.2) is 0 Å². The quantitative estimate of drug-likeness (QED) is 0.585. The number of nitro groups is 1. The summed E-state index contributed by atoms with van der Waals surface area (Å²) in [5, 5.41) is 13.7. The minimum absolute atomic E-state index is 0.0996. The first-order chi connectivity index (χ1) is 7.27. The molecule has 1 aliphatic rings. The SMILES string of the molecule is O=[N+]([O-])c1cccc(C2=NCCCN2)c1. The van der Waals surface area contributed by atoms with Crippen molar-refractivity contribution in [1.82, 2.24) is 5.32 Å². The van der Waals surface area contributed by atoms with Gasteiger partial charge in [-0.1, -0.05) is 12.1 Å². The first-order valence-corrected chi connectivity index (χ1v) is 4.80. The minimum Gasteiger partial charge on any atom is -0.370 e. The van der Waals surface area contributed by atoms with Crippen LogP contribution in [-0.2, 0) is 0 Å². The van der Waals surface area contributed by atoms with Gasteiger partial charge in [0.05, 0.1) is 4.92 Å². The molecular weight excluding hydrogens is 194 g/mol. The van der Waals surface area contributed by atoms with Crippen LogP contribution in [0.15, 0.2) is 29.3 Å². The van der Waals surface area contributed by atoms with E-state index in [2.05, 4.69) is 10.3 Å². The number of non-ortho nitro benzene ring substituents is 1. The van der Waals surface area contributed by atoms with Crippen molar-refractivity contribution in [3.63, 3.8) is 0 Å². The largest absolute Gasteiger partial charge is 0.370 e. The van der Waals surface area contributed by atoms with E-state index in [0.717, 1.165) is 30.9 Å².